The minimum atomic E-state index is -0.314. The molecule has 0 saturated carbocycles. The summed E-state index contributed by atoms with van der Waals surface area (Å²) in [4.78, 5) is 15.8. The predicted octanol–water partition coefficient (Wildman–Crippen LogP) is 4.15. The Balaban J connectivity index is 0.00000192. The van der Waals surface area contributed by atoms with Gasteiger partial charge < -0.3 is 9.30 Å². The van der Waals surface area contributed by atoms with Crippen LogP contribution < -0.4 is 0 Å². The van der Waals surface area contributed by atoms with E-state index in [1.807, 2.05) is 29.0 Å². The number of fused-ring (bicyclic) bond motifs is 1. The fourth-order valence-electron chi connectivity index (χ4n) is 2.45. The molecule has 0 aliphatic carbocycles. The summed E-state index contributed by atoms with van der Waals surface area (Å²) >= 11 is 0. The number of halogens is 1. The van der Waals surface area contributed by atoms with Crippen molar-refractivity contribution in [2.75, 3.05) is 0 Å². The quantitative estimate of drug-likeness (QED) is 0.660. The summed E-state index contributed by atoms with van der Waals surface area (Å²) in [7, 11) is 0. The summed E-state index contributed by atoms with van der Waals surface area (Å²) < 4.78 is 7.54. The van der Waals surface area contributed by atoms with Crippen LogP contribution in [0.1, 0.15) is 25.0 Å². The average Bonchev–Trinajstić information content (AvgIpc) is 3.06. The van der Waals surface area contributed by atoms with Crippen LogP contribution in [0.4, 0.5) is 0 Å². The summed E-state index contributed by atoms with van der Waals surface area (Å²) in [5.74, 6) is -0.196. The Bertz CT molecular complexity index is 772. The number of nitrogens with zero attached hydrogens (tertiary/aromatic N) is 2. The second-order valence-electron chi connectivity index (χ2n) is 5.20. The summed E-state index contributed by atoms with van der Waals surface area (Å²) in [5.41, 5.74) is 0.995. The van der Waals surface area contributed by atoms with E-state index >= 15 is 0 Å². The molecule has 0 bridgehead atoms. The van der Waals surface area contributed by atoms with E-state index in [4.69, 9.17) is 4.74 Å². The van der Waals surface area contributed by atoms with Gasteiger partial charge in [0.05, 0.1) is 12.9 Å². The fraction of sp³-hybridized carbons (Fsp3) is 0.222. The highest BCUT2D eigenvalue weighted by Crippen LogP contribution is 2.24. The molecule has 0 spiro atoms. The summed E-state index contributed by atoms with van der Waals surface area (Å²) in [5, 5.41) is 2.32. The molecule has 1 atom stereocenters. The fourth-order valence-corrected chi connectivity index (χ4v) is 2.45. The third-order valence-corrected chi connectivity index (χ3v) is 3.64. The Morgan fingerprint density at radius 2 is 2.00 bits per heavy atom. The number of rotatable bonds is 5. The molecular weight excluding hydrogens is 312 g/mol. The topological polar surface area (TPSA) is 44.1 Å². The largest absolute Gasteiger partial charge is 0.456 e. The minimum absolute atomic E-state index is 0. The Morgan fingerprint density at radius 1 is 1.22 bits per heavy atom. The van der Waals surface area contributed by atoms with Crippen LogP contribution in [0.25, 0.3) is 10.8 Å². The molecule has 0 aliphatic rings. The first-order valence-electron chi connectivity index (χ1n) is 7.40. The van der Waals surface area contributed by atoms with Crippen molar-refractivity contribution in [3.05, 3.63) is 66.7 Å². The molecule has 3 rings (SSSR count). The lowest BCUT2D eigenvalue weighted by Crippen LogP contribution is -2.15. The van der Waals surface area contributed by atoms with Gasteiger partial charge in [0.25, 0.3) is 0 Å². The SMILES string of the molecule is CCC(=O)OC(Cn1ccnc1)c1ccc2ccccc2c1.Cl. The van der Waals surface area contributed by atoms with E-state index in [1.165, 1.54) is 5.39 Å². The van der Waals surface area contributed by atoms with Gasteiger partial charge in [0.1, 0.15) is 6.10 Å². The van der Waals surface area contributed by atoms with Gasteiger partial charge in [-0.25, -0.2) is 4.98 Å². The molecule has 0 N–H and O–H groups in total. The standard InChI is InChI=1S/C18H18N2O2.ClH/c1-2-18(21)22-17(12-20-10-9-19-13-20)16-8-7-14-5-3-4-6-15(14)11-16;/h3-11,13,17H,2,12H2,1H3;1H. The van der Waals surface area contributed by atoms with Crippen LogP contribution in [0, 0.1) is 0 Å². The highest BCUT2D eigenvalue weighted by Gasteiger charge is 2.17. The number of benzene rings is 2. The van der Waals surface area contributed by atoms with Gasteiger partial charge in [-0.05, 0) is 22.4 Å². The molecule has 0 amide bonds. The van der Waals surface area contributed by atoms with Gasteiger partial charge in [-0.15, -0.1) is 12.4 Å². The third kappa shape index (κ3) is 4.11. The molecule has 5 heteroatoms. The van der Waals surface area contributed by atoms with Crippen LogP contribution in [0.2, 0.25) is 0 Å². The molecule has 2 aromatic carbocycles. The van der Waals surface area contributed by atoms with Crippen LogP contribution in [0.15, 0.2) is 61.2 Å². The highest BCUT2D eigenvalue weighted by atomic mass is 35.5. The first-order valence-corrected chi connectivity index (χ1v) is 7.40. The van der Waals surface area contributed by atoms with Crippen molar-refractivity contribution in [3.63, 3.8) is 0 Å². The lowest BCUT2D eigenvalue weighted by atomic mass is 10.0. The number of aromatic nitrogens is 2. The van der Waals surface area contributed by atoms with E-state index in [1.54, 1.807) is 19.4 Å². The number of esters is 1. The number of carbonyl (C=O) groups excluding carboxylic acids is 1. The molecule has 0 aliphatic heterocycles. The summed E-state index contributed by atoms with van der Waals surface area (Å²) in [6.45, 7) is 2.36. The van der Waals surface area contributed by atoms with Crippen LogP contribution >= 0.6 is 12.4 Å². The van der Waals surface area contributed by atoms with Crippen molar-refractivity contribution in [1.82, 2.24) is 9.55 Å². The number of ether oxygens (including phenoxy) is 1. The third-order valence-electron chi connectivity index (χ3n) is 3.64. The Morgan fingerprint density at radius 3 is 2.70 bits per heavy atom. The van der Waals surface area contributed by atoms with Gasteiger partial charge in [-0.1, -0.05) is 43.3 Å². The van der Waals surface area contributed by atoms with Crippen molar-refractivity contribution >= 4 is 29.1 Å². The predicted molar refractivity (Wildman–Crippen MR) is 92.5 cm³/mol. The molecule has 0 radical (unpaired) electrons. The monoisotopic (exact) mass is 330 g/mol. The van der Waals surface area contributed by atoms with Gasteiger partial charge >= 0.3 is 5.97 Å². The van der Waals surface area contributed by atoms with Crippen LogP contribution in [-0.2, 0) is 16.1 Å². The van der Waals surface area contributed by atoms with E-state index < -0.39 is 0 Å². The second-order valence-corrected chi connectivity index (χ2v) is 5.20. The van der Waals surface area contributed by atoms with Gasteiger partial charge in [0.15, 0.2) is 0 Å². The van der Waals surface area contributed by atoms with Crippen molar-refractivity contribution in [2.24, 2.45) is 0 Å². The molecule has 1 heterocycles. The minimum Gasteiger partial charge on any atom is -0.456 e. The Hall–Kier alpha value is -2.33. The van der Waals surface area contributed by atoms with Crippen molar-refractivity contribution < 1.29 is 9.53 Å². The normalized spacial score (nSPS) is 11.7. The maximum atomic E-state index is 11.7. The number of carbonyl (C=O) groups is 1. The first kappa shape index (κ1) is 17.0. The van der Waals surface area contributed by atoms with Crippen LogP contribution in [-0.4, -0.2) is 15.5 Å². The van der Waals surface area contributed by atoms with Gasteiger partial charge in [0, 0.05) is 18.8 Å². The van der Waals surface area contributed by atoms with E-state index in [0.29, 0.717) is 13.0 Å². The smallest absolute Gasteiger partial charge is 0.306 e. The maximum absolute atomic E-state index is 11.7. The number of hydrogen-bond acceptors (Lipinski definition) is 3. The highest BCUT2D eigenvalue weighted by molar-refractivity contribution is 5.85. The second kappa shape index (κ2) is 7.79. The van der Waals surface area contributed by atoms with Crippen LogP contribution in [0.5, 0.6) is 0 Å². The molecule has 1 unspecified atom stereocenters. The molecule has 1 aromatic heterocycles. The Labute approximate surface area is 141 Å². The molecule has 0 saturated heterocycles. The van der Waals surface area contributed by atoms with E-state index in [0.717, 1.165) is 10.9 Å². The number of hydrogen-bond donors (Lipinski definition) is 0. The first-order chi connectivity index (χ1) is 10.8. The Kier molecular flexibility index (Phi) is 5.77. The molecule has 0 fully saturated rings. The lowest BCUT2D eigenvalue weighted by Gasteiger charge is -2.19. The lowest BCUT2D eigenvalue weighted by molar-refractivity contribution is -0.149. The van der Waals surface area contributed by atoms with E-state index in [9.17, 15) is 4.79 Å². The maximum Gasteiger partial charge on any atom is 0.306 e. The zero-order valence-electron chi connectivity index (χ0n) is 12.9. The summed E-state index contributed by atoms with van der Waals surface area (Å²) in [6, 6.07) is 14.3. The van der Waals surface area contributed by atoms with Crippen molar-refractivity contribution in [1.29, 1.82) is 0 Å². The van der Waals surface area contributed by atoms with Gasteiger partial charge in [0.2, 0.25) is 0 Å². The molecular formula is C18H19ClN2O2. The zero-order chi connectivity index (χ0) is 15.4. The number of imidazole rings is 1. The summed E-state index contributed by atoms with van der Waals surface area (Å²) in [6.07, 6.45) is 5.38. The van der Waals surface area contributed by atoms with E-state index in [-0.39, 0.29) is 24.5 Å². The zero-order valence-corrected chi connectivity index (χ0v) is 13.7. The van der Waals surface area contributed by atoms with Gasteiger partial charge in [-0.3, -0.25) is 4.79 Å². The molecule has 3 aromatic rings. The molecule has 23 heavy (non-hydrogen) atoms. The van der Waals surface area contributed by atoms with E-state index in [2.05, 4.69) is 29.2 Å². The average molecular weight is 331 g/mol. The van der Waals surface area contributed by atoms with Gasteiger partial charge in [-0.2, -0.15) is 0 Å². The molecule has 120 valence electrons. The van der Waals surface area contributed by atoms with Crippen molar-refractivity contribution in [2.45, 2.75) is 26.0 Å². The molecule has 4 nitrogen and oxygen atoms in total. The van der Waals surface area contributed by atoms with Crippen molar-refractivity contribution in [3.8, 4) is 0 Å². The van der Waals surface area contributed by atoms with Crippen LogP contribution in [0.3, 0.4) is 0 Å².